The van der Waals surface area contributed by atoms with Crippen LogP contribution in [0.3, 0.4) is 0 Å². The van der Waals surface area contributed by atoms with Gasteiger partial charge in [0.25, 0.3) is 5.91 Å². The summed E-state index contributed by atoms with van der Waals surface area (Å²) in [7, 11) is 3.06. The van der Waals surface area contributed by atoms with E-state index >= 15 is 0 Å². The van der Waals surface area contributed by atoms with Crippen LogP contribution in [-0.2, 0) is 4.79 Å². The highest BCUT2D eigenvalue weighted by Crippen LogP contribution is 2.29. The van der Waals surface area contributed by atoms with E-state index in [4.69, 9.17) is 9.47 Å². The number of nitrogens with one attached hydrogen (secondary N) is 1. The summed E-state index contributed by atoms with van der Waals surface area (Å²) in [6, 6.07) is 13.9. The van der Waals surface area contributed by atoms with Crippen LogP contribution in [0.4, 0.5) is 0 Å². The molecule has 6 heteroatoms. The number of hydrazone groups is 1. The van der Waals surface area contributed by atoms with Crippen LogP contribution in [0, 0.1) is 0 Å². The van der Waals surface area contributed by atoms with Crippen molar-refractivity contribution in [2.75, 3.05) is 14.2 Å². The summed E-state index contributed by atoms with van der Waals surface area (Å²) in [5.74, 6) is 0.456. The van der Waals surface area contributed by atoms with Crippen molar-refractivity contribution in [1.29, 1.82) is 0 Å². The normalized spacial score (nSPS) is 12.0. The number of para-hydroxylation sites is 1. The quantitative estimate of drug-likeness (QED) is 0.630. The molecule has 0 saturated carbocycles. The van der Waals surface area contributed by atoms with E-state index in [1.165, 1.54) is 20.4 Å². The van der Waals surface area contributed by atoms with E-state index in [2.05, 4.69) is 10.5 Å². The minimum Gasteiger partial charge on any atom is -0.493 e. The van der Waals surface area contributed by atoms with E-state index in [0.29, 0.717) is 22.6 Å². The van der Waals surface area contributed by atoms with Crippen molar-refractivity contribution in [2.24, 2.45) is 5.10 Å². The van der Waals surface area contributed by atoms with Gasteiger partial charge in [0.2, 0.25) is 0 Å². The van der Waals surface area contributed by atoms with Crippen molar-refractivity contribution in [1.82, 2.24) is 5.43 Å². The zero-order valence-electron chi connectivity index (χ0n) is 12.9. The van der Waals surface area contributed by atoms with E-state index in [9.17, 15) is 9.90 Å². The number of carbonyl (C=O) groups excluding carboxylic acids is 1. The lowest BCUT2D eigenvalue weighted by Crippen LogP contribution is -2.25. The summed E-state index contributed by atoms with van der Waals surface area (Å²) >= 11 is 0. The number of carbonyl (C=O) groups is 1. The molecule has 2 rings (SSSR count). The molecule has 23 heavy (non-hydrogen) atoms. The molecule has 0 saturated heterocycles. The number of benzene rings is 2. The minimum atomic E-state index is -1.28. The van der Waals surface area contributed by atoms with Gasteiger partial charge >= 0.3 is 0 Å². The summed E-state index contributed by atoms with van der Waals surface area (Å²) in [5.41, 5.74) is 3.44. The van der Waals surface area contributed by atoms with Gasteiger partial charge in [0.05, 0.1) is 20.4 Å². The lowest BCUT2D eigenvalue weighted by atomic mass is 10.1. The van der Waals surface area contributed by atoms with Gasteiger partial charge in [-0.15, -0.1) is 0 Å². The average Bonchev–Trinajstić information content (AvgIpc) is 2.61. The number of methoxy groups -OCH3 is 2. The van der Waals surface area contributed by atoms with E-state index < -0.39 is 12.0 Å². The summed E-state index contributed by atoms with van der Waals surface area (Å²) in [6.07, 6.45) is 0.150. The Bertz CT molecular complexity index is 686. The first-order chi connectivity index (χ1) is 11.2. The van der Waals surface area contributed by atoms with E-state index in [1.807, 2.05) is 0 Å². The van der Waals surface area contributed by atoms with Gasteiger partial charge in [-0.25, -0.2) is 5.43 Å². The topological polar surface area (TPSA) is 80.2 Å². The van der Waals surface area contributed by atoms with Crippen molar-refractivity contribution in [3.8, 4) is 11.5 Å². The number of nitrogens with zero attached hydrogens (tertiary/aromatic N) is 1. The van der Waals surface area contributed by atoms with Crippen molar-refractivity contribution < 1.29 is 19.4 Å². The Morgan fingerprint density at radius 2 is 1.87 bits per heavy atom. The van der Waals surface area contributed by atoms with Crippen LogP contribution < -0.4 is 14.9 Å². The molecule has 0 unspecified atom stereocenters. The van der Waals surface area contributed by atoms with Crippen LogP contribution in [0.1, 0.15) is 17.2 Å². The Kier molecular flexibility index (Phi) is 5.71. The van der Waals surface area contributed by atoms with E-state index in [-0.39, 0.29) is 0 Å². The standard InChI is InChI=1S/C17H18N2O4/c1-22-14-10-6-9-13(16(14)23-2)11-18-19-17(21)15(20)12-7-4-3-5-8-12/h3-11,15,20H,1-2H3,(H,19,21)/b18-11-/t15-/m1/s1. The second kappa shape index (κ2) is 7.95. The van der Waals surface area contributed by atoms with Crippen LogP contribution >= 0.6 is 0 Å². The third-order valence-electron chi connectivity index (χ3n) is 3.18. The predicted molar refractivity (Wildman–Crippen MR) is 86.7 cm³/mol. The molecule has 0 radical (unpaired) electrons. The van der Waals surface area contributed by atoms with Gasteiger partial charge in [0.1, 0.15) is 0 Å². The number of hydrogen-bond donors (Lipinski definition) is 2. The smallest absolute Gasteiger partial charge is 0.273 e. The van der Waals surface area contributed by atoms with Crippen molar-refractivity contribution in [2.45, 2.75) is 6.10 Å². The molecule has 0 fully saturated rings. The number of amides is 1. The largest absolute Gasteiger partial charge is 0.493 e. The molecule has 6 nitrogen and oxygen atoms in total. The van der Waals surface area contributed by atoms with Gasteiger partial charge < -0.3 is 14.6 Å². The maximum atomic E-state index is 11.9. The molecule has 0 aromatic heterocycles. The molecule has 0 bridgehead atoms. The first-order valence-electron chi connectivity index (χ1n) is 6.94. The molecular weight excluding hydrogens is 296 g/mol. The zero-order chi connectivity index (χ0) is 16.7. The number of ether oxygens (including phenoxy) is 2. The fourth-order valence-corrected chi connectivity index (χ4v) is 2.03. The van der Waals surface area contributed by atoms with Gasteiger partial charge in [-0.3, -0.25) is 4.79 Å². The second-order valence-electron chi connectivity index (χ2n) is 4.63. The highest BCUT2D eigenvalue weighted by molar-refractivity contribution is 5.87. The molecule has 0 spiro atoms. The van der Waals surface area contributed by atoms with Gasteiger partial charge in [0, 0.05) is 5.56 Å². The van der Waals surface area contributed by atoms with Crippen LogP contribution in [0.2, 0.25) is 0 Å². The Labute approximate surface area is 134 Å². The molecule has 0 aliphatic carbocycles. The van der Waals surface area contributed by atoms with Crippen molar-refractivity contribution >= 4 is 12.1 Å². The molecule has 1 amide bonds. The number of hydrogen-bond acceptors (Lipinski definition) is 5. The molecule has 0 heterocycles. The molecule has 2 aromatic carbocycles. The van der Waals surface area contributed by atoms with Gasteiger partial charge in [-0.05, 0) is 17.7 Å². The monoisotopic (exact) mass is 314 g/mol. The third-order valence-corrected chi connectivity index (χ3v) is 3.18. The Hall–Kier alpha value is -2.86. The molecule has 2 aromatic rings. The molecule has 2 N–H and O–H groups in total. The molecular formula is C17H18N2O4. The fourth-order valence-electron chi connectivity index (χ4n) is 2.03. The Morgan fingerprint density at radius 1 is 1.13 bits per heavy atom. The van der Waals surface area contributed by atoms with Crippen LogP contribution in [0.5, 0.6) is 11.5 Å². The SMILES string of the molecule is COc1cccc(/C=N\NC(=O)[C@H](O)c2ccccc2)c1OC. The van der Waals surface area contributed by atoms with E-state index in [0.717, 1.165) is 0 Å². The average molecular weight is 314 g/mol. The Morgan fingerprint density at radius 3 is 2.52 bits per heavy atom. The summed E-state index contributed by atoms with van der Waals surface area (Å²) in [5, 5.41) is 13.8. The number of aliphatic hydroxyl groups is 1. The van der Waals surface area contributed by atoms with Gasteiger partial charge in [0.15, 0.2) is 17.6 Å². The summed E-state index contributed by atoms with van der Waals surface area (Å²) < 4.78 is 10.4. The number of rotatable bonds is 6. The lowest BCUT2D eigenvalue weighted by molar-refractivity contribution is -0.129. The van der Waals surface area contributed by atoms with Gasteiger partial charge in [-0.1, -0.05) is 36.4 Å². The summed E-state index contributed by atoms with van der Waals surface area (Å²) in [6.45, 7) is 0. The fraction of sp³-hybridized carbons (Fsp3) is 0.176. The molecule has 0 aliphatic heterocycles. The van der Waals surface area contributed by atoms with Crippen molar-refractivity contribution in [3.05, 3.63) is 59.7 Å². The molecule has 0 aliphatic rings. The van der Waals surface area contributed by atoms with Crippen molar-refractivity contribution in [3.63, 3.8) is 0 Å². The molecule has 120 valence electrons. The zero-order valence-corrected chi connectivity index (χ0v) is 12.9. The van der Waals surface area contributed by atoms with Crippen LogP contribution in [0.15, 0.2) is 53.6 Å². The highest BCUT2D eigenvalue weighted by Gasteiger charge is 2.16. The Balaban J connectivity index is 2.06. The predicted octanol–water partition coefficient (Wildman–Crippen LogP) is 1.89. The van der Waals surface area contributed by atoms with E-state index in [1.54, 1.807) is 48.5 Å². The second-order valence-corrected chi connectivity index (χ2v) is 4.63. The molecule has 1 atom stereocenters. The maximum Gasteiger partial charge on any atom is 0.273 e. The highest BCUT2D eigenvalue weighted by atomic mass is 16.5. The van der Waals surface area contributed by atoms with Gasteiger partial charge in [-0.2, -0.15) is 5.10 Å². The lowest BCUT2D eigenvalue weighted by Gasteiger charge is -2.10. The van der Waals surface area contributed by atoms with Crippen LogP contribution in [-0.4, -0.2) is 31.4 Å². The first kappa shape index (κ1) is 16.5. The van der Waals surface area contributed by atoms with Crippen LogP contribution in [0.25, 0.3) is 0 Å². The summed E-state index contributed by atoms with van der Waals surface area (Å²) in [4.78, 5) is 11.9. The number of aliphatic hydroxyl groups excluding tert-OH is 1. The maximum absolute atomic E-state index is 11.9. The minimum absolute atomic E-state index is 0.499. The first-order valence-corrected chi connectivity index (χ1v) is 6.94. The third kappa shape index (κ3) is 4.08.